The van der Waals surface area contributed by atoms with Gasteiger partial charge in [-0.1, -0.05) is 30.0 Å². The molecule has 2 unspecified atom stereocenters. The van der Waals surface area contributed by atoms with E-state index in [1.54, 1.807) is 0 Å². The van der Waals surface area contributed by atoms with E-state index in [2.05, 4.69) is 88.1 Å². The van der Waals surface area contributed by atoms with Crippen molar-refractivity contribution < 1.29 is 4.79 Å². The van der Waals surface area contributed by atoms with Gasteiger partial charge in [-0.25, -0.2) is 0 Å². The van der Waals surface area contributed by atoms with E-state index in [1.165, 1.54) is 21.2 Å². The molecule has 5 rings (SSSR count). The molecule has 2 aliphatic heterocycles. The highest BCUT2D eigenvalue weighted by atomic mass is 32.2. The molecule has 28 heavy (non-hydrogen) atoms. The summed E-state index contributed by atoms with van der Waals surface area (Å²) in [5, 5.41) is 3.67. The second kappa shape index (κ2) is 7.40. The predicted octanol–water partition coefficient (Wildman–Crippen LogP) is 5.61. The molecule has 2 aliphatic rings. The molecule has 0 saturated carbocycles. The van der Waals surface area contributed by atoms with Crippen molar-refractivity contribution in [3.05, 3.63) is 67.0 Å². The van der Waals surface area contributed by atoms with Gasteiger partial charge in [0.15, 0.2) is 6.29 Å². The molecule has 2 atom stereocenters. The van der Waals surface area contributed by atoms with Crippen LogP contribution >= 0.6 is 11.8 Å². The van der Waals surface area contributed by atoms with Gasteiger partial charge in [0.2, 0.25) is 0 Å². The van der Waals surface area contributed by atoms with Crippen LogP contribution in [0.1, 0.15) is 25.4 Å². The topological polar surface area (TPSA) is 37.3 Å². The van der Waals surface area contributed by atoms with E-state index in [9.17, 15) is 4.79 Å². The summed E-state index contributed by atoms with van der Waals surface area (Å²) in [7, 11) is 0. The number of benzene rings is 2. The van der Waals surface area contributed by atoms with E-state index < -0.39 is 0 Å². The fraction of sp³-hybridized carbons (Fsp3) is 0.261. The number of piperidine rings is 1. The molecule has 0 bridgehead atoms. The van der Waals surface area contributed by atoms with E-state index in [4.69, 9.17) is 0 Å². The number of hydrogen-bond acceptors (Lipinski definition) is 4. The highest BCUT2D eigenvalue weighted by Crippen LogP contribution is 2.49. The van der Waals surface area contributed by atoms with Gasteiger partial charge in [-0.05, 0) is 55.2 Å². The molecule has 141 valence electrons. The van der Waals surface area contributed by atoms with Gasteiger partial charge in [-0.15, -0.1) is 0 Å². The lowest BCUT2D eigenvalue weighted by Crippen LogP contribution is -2.40. The summed E-state index contributed by atoms with van der Waals surface area (Å²) in [6.07, 6.45) is 9.07. The zero-order valence-electron chi connectivity index (χ0n) is 15.5. The van der Waals surface area contributed by atoms with Crippen molar-refractivity contribution in [2.24, 2.45) is 5.92 Å². The minimum Gasteiger partial charge on any atom is -0.352 e. The van der Waals surface area contributed by atoms with E-state index in [1.807, 2.05) is 11.8 Å². The maximum absolute atomic E-state index is 11.0. The first-order chi connectivity index (χ1) is 13.8. The standard InChI is InChI=1S/C23H22N3OS/c27-15-11-17-10-14-26(22(16-17)25-12-3-4-13-25)19-7-5-9-21-23(19)24-18-6-1-2-8-20(18)28-21/h1-9,12-13,17,22,24H,10-11,14,16H2. The molecule has 0 amide bonds. The van der Waals surface area contributed by atoms with Crippen molar-refractivity contribution >= 4 is 35.1 Å². The van der Waals surface area contributed by atoms with Crippen molar-refractivity contribution in [3.63, 3.8) is 0 Å². The highest BCUT2D eigenvalue weighted by Gasteiger charge is 2.32. The fourth-order valence-corrected chi connectivity index (χ4v) is 5.33. The largest absolute Gasteiger partial charge is 0.352 e. The molecule has 2 aromatic carbocycles. The molecular weight excluding hydrogens is 366 g/mol. The van der Waals surface area contributed by atoms with Crippen LogP contribution in [-0.2, 0) is 4.79 Å². The first-order valence-electron chi connectivity index (χ1n) is 9.74. The molecule has 5 heteroatoms. The monoisotopic (exact) mass is 388 g/mol. The van der Waals surface area contributed by atoms with Crippen molar-refractivity contribution in [1.29, 1.82) is 0 Å². The molecule has 1 fully saturated rings. The average molecular weight is 389 g/mol. The first-order valence-corrected chi connectivity index (χ1v) is 10.6. The Morgan fingerprint density at radius 2 is 1.86 bits per heavy atom. The van der Waals surface area contributed by atoms with E-state index in [-0.39, 0.29) is 6.17 Å². The van der Waals surface area contributed by atoms with Crippen LogP contribution in [0.5, 0.6) is 0 Å². The molecule has 1 aromatic heterocycles. The number of aromatic nitrogens is 1. The minimum absolute atomic E-state index is 0.206. The second-order valence-electron chi connectivity index (χ2n) is 7.42. The summed E-state index contributed by atoms with van der Waals surface area (Å²) < 4.78 is 2.26. The van der Waals surface area contributed by atoms with Crippen LogP contribution in [-0.4, -0.2) is 17.4 Å². The fourth-order valence-electron chi connectivity index (χ4n) is 4.31. The molecule has 0 spiro atoms. The third-order valence-electron chi connectivity index (χ3n) is 5.71. The third-order valence-corrected chi connectivity index (χ3v) is 6.84. The molecule has 1 radical (unpaired) electrons. The number of hydrogen-bond donors (Lipinski definition) is 1. The normalized spacial score (nSPS) is 20.8. The van der Waals surface area contributed by atoms with Crippen molar-refractivity contribution in [1.82, 2.24) is 4.57 Å². The number of nitrogens with one attached hydrogen (secondary N) is 1. The molecular formula is C23H22N3OS. The van der Waals surface area contributed by atoms with Crippen molar-refractivity contribution in [2.75, 3.05) is 16.8 Å². The van der Waals surface area contributed by atoms with Crippen molar-refractivity contribution in [3.8, 4) is 0 Å². The van der Waals surface area contributed by atoms with Crippen LogP contribution < -0.4 is 10.2 Å². The van der Waals surface area contributed by atoms with Crippen LogP contribution in [0.4, 0.5) is 17.1 Å². The molecule has 3 aromatic rings. The second-order valence-corrected chi connectivity index (χ2v) is 8.50. The number of rotatable bonds is 4. The lowest BCUT2D eigenvalue weighted by atomic mass is 9.91. The number of anilines is 3. The quantitative estimate of drug-likeness (QED) is 0.493. The van der Waals surface area contributed by atoms with E-state index >= 15 is 0 Å². The van der Waals surface area contributed by atoms with E-state index in [0.717, 1.165) is 25.1 Å². The minimum atomic E-state index is 0.206. The number of fused-ring (bicyclic) bond motifs is 2. The zero-order valence-corrected chi connectivity index (χ0v) is 16.4. The summed E-state index contributed by atoms with van der Waals surface area (Å²) in [5.74, 6) is 0.392. The molecule has 1 saturated heterocycles. The summed E-state index contributed by atoms with van der Waals surface area (Å²) in [4.78, 5) is 16.0. The van der Waals surface area contributed by atoms with Crippen LogP contribution in [0.25, 0.3) is 0 Å². The highest BCUT2D eigenvalue weighted by molar-refractivity contribution is 7.99. The SMILES string of the molecule is O=[C]CC1CCN(c2cccc3c2Nc2ccccc2S3)C(n2cccc2)C1. The predicted molar refractivity (Wildman–Crippen MR) is 114 cm³/mol. The van der Waals surface area contributed by atoms with Crippen LogP contribution in [0.15, 0.2) is 76.8 Å². The molecule has 4 nitrogen and oxygen atoms in total. The number of carbonyl (C=O) groups excluding carboxylic acids is 1. The smallest absolute Gasteiger partial charge is 0.198 e. The number of nitrogens with zero attached hydrogens (tertiary/aromatic N) is 2. The summed E-state index contributed by atoms with van der Waals surface area (Å²) in [5.41, 5.74) is 3.57. The van der Waals surface area contributed by atoms with Gasteiger partial charge in [0.25, 0.3) is 0 Å². The molecule has 3 heterocycles. The summed E-state index contributed by atoms with van der Waals surface area (Å²) >= 11 is 1.82. The number of para-hydroxylation sites is 2. The Bertz CT molecular complexity index is 985. The Labute approximate surface area is 169 Å². The maximum Gasteiger partial charge on any atom is 0.198 e. The van der Waals surface area contributed by atoms with E-state index in [0.29, 0.717) is 12.3 Å². The lowest BCUT2D eigenvalue weighted by Gasteiger charge is -2.42. The van der Waals surface area contributed by atoms with Crippen LogP contribution in [0, 0.1) is 5.92 Å². The van der Waals surface area contributed by atoms with Crippen molar-refractivity contribution in [2.45, 2.75) is 35.2 Å². The molecule has 1 N–H and O–H groups in total. The zero-order chi connectivity index (χ0) is 18.9. The van der Waals surface area contributed by atoms with Gasteiger partial charge in [0.05, 0.1) is 17.1 Å². The summed E-state index contributed by atoms with van der Waals surface area (Å²) in [6.45, 7) is 0.930. The molecule has 0 aliphatic carbocycles. The van der Waals surface area contributed by atoms with Gasteiger partial charge >= 0.3 is 0 Å². The van der Waals surface area contributed by atoms with Crippen LogP contribution in [0.2, 0.25) is 0 Å². The first kappa shape index (κ1) is 17.4. The maximum atomic E-state index is 11.0. The Morgan fingerprint density at radius 3 is 2.71 bits per heavy atom. The van der Waals surface area contributed by atoms with Gasteiger partial charge in [0, 0.05) is 35.2 Å². The van der Waals surface area contributed by atoms with Gasteiger partial charge < -0.3 is 14.8 Å². The Balaban J connectivity index is 1.53. The Morgan fingerprint density at radius 1 is 1.04 bits per heavy atom. The van der Waals surface area contributed by atoms with Crippen LogP contribution in [0.3, 0.4) is 0 Å². The lowest BCUT2D eigenvalue weighted by molar-refractivity contribution is 0.291. The Hall–Kier alpha value is -2.66. The van der Waals surface area contributed by atoms with Gasteiger partial charge in [0.1, 0.15) is 6.17 Å². The van der Waals surface area contributed by atoms with Gasteiger partial charge in [-0.3, -0.25) is 4.79 Å². The third kappa shape index (κ3) is 3.10. The van der Waals surface area contributed by atoms with Gasteiger partial charge in [-0.2, -0.15) is 0 Å². The summed E-state index contributed by atoms with van der Waals surface area (Å²) in [6, 6.07) is 19.1. The average Bonchev–Trinajstić information content (AvgIpc) is 3.27. The Kier molecular flexibility index (Phi) is 4.61.